The number of ether oxygens (including phenoxy) is 1. The van der Waals surface area contributed by atoms with Gasteiger partial charge in [-0.2, -0.15) is 0 Å². The number of likely N-dealkylation sites (tertiary alicyclic amines) is 1. The van der Waals surface area contributed by atoms with Crippen molar-refractivity contribution in [3.05, 3.63) is 29.6 Å². The van der Waals surface area contributed by atoms with Crippen LogP contribution in [-0.2, 0) is 9.53 Å². The Morgan fingerprint density at radius 1 is 1.28 bits per heavy atom. The lowest BCUT2D eigenvalue weighted by Crippen LogP contribution is -2.50. The second-order valence-corrected chi connectivity index (χ2v) is 9.18. The van der Waals surface area contributed by atoms with E-state index in [4.69, 9.17) is 11.3 Å². The molecule has 1 aromatic carbocycles. The van der Waals surface area contributed by atoms with Crippen molar-refractivity contribution in [2.45, 2.75) is 64.0 Å². The standard InChI is InChI=1S/C24H32N4O4/c1-3-32-23(31)26-17-5-10-21(20(15-17)25-2)27-13-4-11-24(16-27)12-14-28(22(24)30)18-6-8-19(29)9-7-18/h5,10,15,18-19,29H,3-4,6-9,11-14,16H2,1H3,(H,26,31)/t18?,19?,24-/m1/s1. The number of rotatable bonds is 4. The third-order valence-corrected chi connectivity index (χ3v) is 7.19. The highest BCUT2D eigenvalue weighted by molar-refractivity contribution is 5.89. The Morgan fingerprint density at radius 2 is 2.06 bits per heavy atom. The second-order valence-electron chi connectivity index (χ2n) is 9.18. The van der Waals surface area contributed by atoms with Crippen LogP contribution in [0.3, 0.4) is 0 Å². The number of amides is 2. The third-order valence-electron chi connectivity index (χ3n) is 7.19. The van der Waals surface area contributed by atoms with Crippen molar-refractivity contribution in [3.8, 4) is 0 Å². The normalized spacial score (nSPS) is 28.0. The maximum atomic E-state index is 13.5. The molecule has 8 heteroatoms. The van der Waals surface area contributed by atoms with E-state index in [1.807, 2.05) is 6.07 Å². The fourth-order valence-corrected chi connectivity index (χ4v) is 5.53. The summed E-state index contributed by atoms with van der Waals surface area (Å²) < 4.78 is 4.91. The molecule has 1 spiro atoms. The van der Waals surface area contributed by atoms with Crippen molar-refractivity contribution in [1.82, 2.24) is 4.90 Å². The zero-order valence-corrected chi connectivity index (χ0v) is 18.7. The monoisotopic (exact) mass is 440 g/mol. The molecule has 0 radical (unpaired) electrons. The number of carbonyl (C=O) groups is 2. The predicted octanol–water partition coefficient (Wildman–Crippen LogP) is 3.93. The van der Waals surface area contributed by atoms with Gasteiger partial charge in [0.05, 0.1) is 24.7 Å². The van der Waals surface area contributed by atoms with E-state index >= 15 is 0 Å². The Morgan fingerprint density at radius 3 is 2.78 bits per heavy atom. The maximum Gasteiger partial charge on any atom is 0.411 e. The molecule has 1 aliphatic carbocycles. The molecule has 1 saturated carbocycles. The van der Waals surface area contributed by atoms with Crippen LogP contribution in [0, 0.1) is 12.0 Å². The molecule has 1 aromatic rings. The highest BCUT2D eigenvalue weighted by atomic mass is 16.5. The lowest BCUT2D eigenvalue weighted by Gasteiger charge is -2.42. The van der Waals surface area contributed by atoms with Crippen LogP contribution in [0.2, 0.25) is 0 Å². The van der Waals surface area contributed by atoms with E-state index < -0.39 is 11.5 Å². The molecule has 0 bridgehead atoms. The van der Waals surface area contributed by atoms with Crippen molar-refractivity contribution < 1.29 is 19.4 Å². The molecule has 8 nitrogen and oxygen atoms in total. The number of carbonyl (C=O) groups excluding carboxylic acids is 2. The van der Waals surface area contributed by atoms with Crippen LogP contribution in [0.1, 0.15) is 51.9 Å². The van der Waals surface area contributed by atoms with Crippen molar-refractivity contribution in [3.63, 3.8) is 0 Å². The summed E-state index contributed by atoms with van der Waals surface area (Å²) in [7, 11) is 0. The maximum absolute atomic E-state index is 13.5. The Hall–Kier alpha value is -2.79. The van der Waals surface area contributed by atoms with Gasteiger partial charge >= 0.3 is 6.09 Å². The Balaban J connectivity index is 1.49. The molecule has 32 heavy (non-hydrogen) atoms. The van der Waals surface area contributed by atoms with Gasteiger partial charge in [0, 0.05) is 37.1 Å². The summed E-state index contributed by atoms with van der Waals surface area (Å²) in [5, 5.41) is 12.5. The summed E-state index contributed by atoms with van der Waals surface area (Å²) in [5.41, 5.74) is 1.39. The van der Waals surface area contributed by atoms with Gasteiger partial charge in [-0.3, -0.25) is 10.1 Å². The molecule has 172 valence electrons. The second kappa shape index (κ2) is 9.37. The topological polar surface area (TPSA) is 86.5 Å². The molecule has 2 N–H and O–H groups in total. The van der Waals surface area contributed by atoms with E-state index in [1.54, 1.807) is 19.1 Å². The molecule has 2 heterocycles. The number of hydrogen-bond donors (Lipinski definition) is 2. The van der Waals surface area contributed by atoms with Crippen LogP contribution in [0.15, 0.2) is 18.2 Å². The van der Waals surface area contributed by atoms with Gasteiger partial charge in [-0.05, 0) is 70.1 Å². The van der Waals surface area contributed by atoms with Crippen LogP contribution < -0.4 is 10.2 Å². The zero-order chi connectivity index (χ0) is 22.7. The summed E-state index contributed by atoms with van der Waals surface area (Å²) in [5.74, 6) is 0.244. The molecular formula is C24H32N4O4. The Bertz CT molecular complexity index is 906. The first-order chi connectivity index (χ1) is 15.5. The largest absolute Gasteiger partial charge is 0.450 e. The van der Waals surface area contributed by atoms with E-state index in [-0.39, 0.29) is 24.7 Å². The van der Waals surface area contributed by atoms with E-state index in [9.17, 15) is 14.7 Å². The molecule has 2 saturated heterocycles. The molecule has 2 amide bonds. The molecule has 3 aliphatic rings. The van der Waals surface area contributed by atoms with E-state index in [2.05, 4.69) is 20.0 Å². The number of aliphatic hydroxyl groups is 1. The number of nitrogens with one attached hydrogen (secondary N) is 1. The fourth-order valence-electron chi connectivity index (χ4n) is 5.53. The van der Waals surface area contributed by atoms with Gasteiger partial charge < -0.3 is 19.6 Å². The third kappa shape index (κ3) is 4.40. The van der Waals surface area contributed by atoms with Gasteiger partial charge in [0.1, 0.15) is 0 Å². The highest BCUT2D eigenvalue weighted by Crippen LogP contribution is 2.45. The summed E-state index contributed by atoms with van der Waals surface area (Å²) in [6, 6.07) is 5.54. The molecular weight excluding hydrogens is 408 g/mol. The number of nitrogens with zero attached hydrogens (tertiary/aromatic N) is 3. The van der Waals surface area contributed by atoms with Crippen molar-refractivity contribution in [2.75, 3.05) is 36.5 Å². The molecule has 4 rings (SSSR count). The van der Waals surface area contributed by atoms with E-state index in [0.29, 0.717) is 17.9 Å². The van der Waals surface area contributed by atoms with Crippen LogP contribution in [-0.4, -0.2) is 60.4 Å². The van der Waals surface area contributed by atoms with Crippen LogP contribution in [0.25, 0.3) is 4.85 Å². The highest BCUT2D eigenvalue weighted by Gasteiger charge is 2.50. The first-order valence-corrected chi connectivity index (χ1v) is 11.6. The van der Waals surface area contributed by atoms with Gasteiger partial charge in [-0.1, -0.05) is 0 Å². The smallest absolute Gasteiger partial charge is 0.411 e. The Labute approximate surface area is 189 Å². The van der Waals surface area contributed by atoms with Crippen molar-refractivity contribution in [1.29, 1.82) is 0 Å². The van der Waals surface area contributed by atoms with Crippen molar-refractivity contribution in [2.24, 2.45) is 5.41 Å². The number of aliphatic hydroxyl groups excluding tert-OH is 1. The zero-order valence-electron chi connectivity index (χ0n) is 18.7. The van der Waals surface area contributed by atoms with Crippen LogP contribution in [0.5, 0.6) is 0 Å². The minimum Gasteiger partial charge on any atom is -0.450 e. The molecule has 2 aliphatic heterocycles. The molecule has 3 fully saturated rings. The number of piperidine rings is 1. The van der Waals surface area contributed by atoms with Gasteiger partial charge in [-0.15, -0.1) is 0 Å². The minimum atomic E-state index is -0.542. The van der Waals surface area contributed by atoms with Gasteiger partial charge in [0.15, 0.2) is 0 Å². The molecule has 1 atom stereocenters. The summed E-state index contributed by atoms with van der Waals surface area (Å²) in [4.78, 5) is 33.2. The average molecular weight is 441 g/mol. The number of hydrogen-bond acceptors (Lipinski definition) is 5. The van der Waals surface area contributed by atoms with E-state index in [0.717, 1.165) is 63.7 Å². The van der Waals surface area contributed by atoms with Crippen LogP contribution >= 0.6 is 0 Å². The lowest BCUT2D eigenvalue weighted by molar-refractivity contribution is -0.139. The van der Waals surface area contributed by atoms with Gasteiger partial charge in [0.25, 0.3) is 0 Å². The molecule has 0 unspecified atom stereocenters. The lowest BCUT2D eigenvalue weighted by atomic mass is 9.78. The summed E-state index contributed by atoms with van der Waals surface area (Å²) in [6.07, 6.45) is 5.16. The first kappa shape index (κ1) is 22.4. The SMILES string of the molecule is [C-]#[N+]c1cc(NC(=O)OCC)ccc1N1CCC[C@@]2(CCN(C3CCC(O)CC3)C2=O)C1. The minimum absolute atomic E-state index is 0.226. The fraction of sp³-hybridized carbons (Fsp3) is 0.625. The number of benzene rings is 1. The van der Waals surface area contributed by atoms with Crippen LogP contribution in [0.4, 0.5) is 21.9 Å². The quantitative estimate of drug-likeness (QED) is 0.693. The van der Waals surface area contributed by atoms with Gasteiger partial charge in [-0.25, -0.2) is 9.64 Å². The summed E-state index contributed by atoms with van der Waals surface area (Å²) in [6.45, 7) is 11.9. The van der Waals surface area contributed by atoms with E-state index in [1.165, 1.54) is 0 Å². The first-order valence-electron chi connectivity index (χ1n) is 11.6. The summed E-state index contributed by atoms with van der Waals surface area (Å²) >= 11 is 0. The number of anilines is 2. The Kier molecular flexibility index (Phi) is 6.56. The van der Waals surface area contributed by atoms with Gasteiger partial charge in [0.2, 0.25) is 11.6 Å². The average Bonchev–Trinajstić information content (AvgIpc) is 3.09. The predicted molar refractivity (Wildman–Crippen MR) is 122 cm³/mol. The molecule has 0 aromatic heterocycles. The van der Waals surface area contributed by atoms with Crippen molar-refractivity contribution >= 4 is 29.1 Å².